The summed E-state index contributed by atoms with van der Waals surface area (Å²) in [4.78, 5) is 3.32. The maximum absolute atomic E-state index is 3.53. The van der Waals surface area contributed by atoms with Crippen LogP contribution in [0.25, 0.3) is 22.0 Å². The summed E-state index contributed by atoms with van der Waals surface area (Å²) in [6.45, 7) is 0. The molecule has 0 radical (unpaired) electrons. The number of nitrogens with one attached hydrogen (secondary N) is 1. The largest absolute Gasteiger partial charge is 0.361 e. The van der Waals surface area contributed by atoms with Crippen LogP contribution in [0.4, 0.5) is 0 Å². The van der Waals surface area contributed by atoms with Crippen LogP contribution >= 0.6 is 38.5 Å². The van der Waals surface area contributed by atoms with Gasteiger partial charge in [0.05, 0.1) is 0 Å². The SMILES string of the molecule is Brc1ccc2[nH]cc(-c3ccccc3I)c2c1. The van der Waals surface area contributed by atoms with Crippen LogP contribution in [0, 0.1) is 3.57 Å². The number of benzene rings is 2. The summed E-state index contributed by atoms with van der Waals surface area (Å²) >= 11 is 5.90. The zero-order chi connectivity index (χ0) is 11.8. The highest BCUT2D eigenvalue weighted by Crippen LogP contribution is 2.33. The molecule has 0 saturated carbocycles. The molecule has 0 spiro atoms. The van der Waals surface area contributed by atoms with Crippen molar-refractivity contribution in [3.8, 4) is 11.1 Å². The average molecular weight is 398 g/mol. The molecule has 1 aromatic heterocycles. The van der Waals surface area contributed by atoms with Gasteiger partial charge in [-0.2, -0.15) is 0 Å². The number of hydrogen-bond donors (Lipinski definition) is 1. The van der Waals surface area contributed by atoms with Crippen molar-refractivity contribution in [3.05, 3.63) is 56.7 Å². The molecule has 2 aromatic carbocycles. The van der Waals surface area contributed by atoms with E-state index < -0.39 is 0 Å². The first-order valence-corrected chi connectivity index (χ1v) is 7.14. The minimum absolute atomic E-state index is 1.11. The van der Waals surface area contributed by atoms with E-state index >= 15 is 0 Å². The Hall–Kier alpha value is -0.810. The van der Waals surface area contributed by atoms with E-state index in [2.05, 4.69) is 92.2 Å². The van der Waals surface area contributed by atoms with Crippen molar-refractivity contribution in [2.24, 2.45) is 0 Å². The molecule has 0 bridgehead atoms. The Morgan fingerprint density at radius 3 is 2.65 bits per heavy atom. The fourth-order valence-corrected chi connectivity index (χ4v) is 3.03. The maximum atomic E-state index is 3.53. The molecule has 0 aliphatic rings. The lowest BCUT2D eigenvalue weighted by molar-refractivity contribution is 1.47. The molecule has 3 aromatic rings. The molecule has 0 atom stereocenters. The van der Waals surface area contributed by atoms with E-state index in [0.717, 1.165) is 4.47 Å². The molecule has 0 unspecified atom stereocenters. The van der Waals surface area contributed by atoms with Gasteiger partial charge in [-0.15, -0.1) is 0 Å². The monoisotopic (exact) mass is 397 g/mol. The van der Waals surface area contributed by atoms with Crippen LogP contribution in [0.2, 0.25) is 0 Å². The lowest BCUT2D eigenvalue weighted by Gasteiger charge is -2.02. The first-order valence-electron chi connectivity index (χ1n) is 5.27. The molecular formula is C14H9BrIN. The van der Waals surface area contributed by atoms with Crippen LogP contribution in [-0.2, 0) is 0 Å². The third-order valence-electron chi connectivity index (χ3n) is 2.81. The van der Waals surface area contributed by atoms with Gasteiger partial charge in [-0.3, -0.25) is 0 Å². The second kappa shape index (κ2) is 4.46. The summed E-state index contributed by atoms with van der Waals surface area (Å²) < 4.78 is 2.38. The van der Waals surface area contributed by atoms with Crippen LogP contribution < -0.4 is 0 Å². The third-order valence-corrected chi connectivity index (χ3v) is 4.24. The van der Waals surface area contributed by atoms with Crippen LogP contribution in [0.5, 0.6) is 0 Å². The Labute approximate surface area is 122 Å². The van der Waals surface area contributed by atoms with Gasteiger partial charge in [0.25, 0.3) is 0 Å². The Kier molecular flexibility index (Phi) is 2.96. The highest BCUT2D eigenvalue weighted by Gasteiger charge is 2.08. The summed E-state index contributed by atoms with van der Waals surface area (Å²) in [5.41, 5.74) is 3.70. The second-order valence-electron chi connectivity index (χ2n) is 3.87. The topological polar surface area (TPSA) is 15.8 Å². The third kappa shape index (κ3) is 2.02. The highest BCUT2D eigenvalue weighted by atomic mass is 127. The maximum Gasteiger partial charge on any atom is 0.0461 e. The summed E-state index contributed by atoms with van der Waals surface area (Å²) in [5.74, 6) is 0. The molecule has 0 amide bonds. The van der Waals surface area contributed by atoms with Gasteiger partial charge in [0, 0.05) is 30.7 Å². The highest BCUT2D eigenvalue weighted by molar-refractivity contribution is 14.1. The van der Waals surface area contributed by atoms with Crippen molar-refractivity contribution in [3.63, 3.8) is 0 Å². The molecule has 0 aliphatic carbocycles. The molecule has 0 fully saturated rings. The fourth-order valence-electron chi connectivity index (χ4n) is 2.00. The molecule has 1 heterocycles. The normalized spacial score (nSPS) is 10.9. The summed E-state index contributed by atoms with van der Waals surface area (Å²) in [6.07, 6.45) is 2.08. The molecule has 1 N–H and O–H groups in total. The van der Waals surface area contributed by atoms with Crippen molar-refractivity contribution >= 4 is 49.4 Å². The fraction of sp³-hybridized carbons (Fsp3) is 0. The summed E-state index contributed by atoms with van der Waals surface area (Å²) in [7, 11) is 0. The number of H-pyrrole nitrogens is 1. The molecule has 0 aliphatic heterocycles. The summed E-state index contributed by atoms with van der Waals surface area (Å²) in [6, 6.07) is 14.7. The van der Waals surface area contributed by atoms with Gasteiger partial charge in [-0.05, 0) is 52.4 Å². The van der Waals surface area contributed by atoms with E-state index in [0.29, 0.717) is 0 Å². The first-order chi connectivity index (χ1) is 8.25. The smallest absolute Gasteiger partial charge is 0.0461 e. The van der Waals surface area contributed by atoms with Gasteiger partial charge in [0.2, 0.25) is 0 Å². The predicted molar refractivity (Wildman–Crippen MR) is 84.2 cm³/mol. The molecular weight excluding hydrogens is 389 g/mol. The van der Waals surface area contributed by atoms with Crippen molar-refractivity contribution in [1.29, 1.82) is 0 Å². The first kappa shape index (κ1) is 11.3. The minimum Gasteiger partial charge on any atom is -0.361 e. The number of rotatable bonds is 1. The Bertz CT molecular complexity index is 688. The van der Waals surface area contributed by atoms with E-state index in [1.165, 1.54) is 25.6 Å². The minimum atomic E-state index is 1.11. The van der Waals surface area contributed by atoms with Gasteiger partial charge >= 0.3 is 0 Å². The van der Waals surface area contributed by atoms with E-state index in [1.54, 1.807) is 0 Å². The molecule has 1 nitrogen and oxygen atoms in total. The summed E-state index contributed by atoms with van der Waals surface area (Å²) in [5, 5.41) is 1.25. The molecule has 3 rings (SSSR count). The average Bonchev–Trinajstić information content (AvgIpc) is 2.72. The van der Waals surface area contributed by atoms with Crippen molar-refractivity contribution in [2.75, 3.05) is 0 Å². The zero-order valence-corrected chi connectivity index (χ0v) is 12.6. The lowest BCUT2D eigenvalue weighted by Crippen LogP contribution is -1.80. The molecule has 3 heteroatoms. The van der Waals surface area contributed by atoms with Crippen LogP contribution in [0.15, 0.2) is 53.1 Å². The molecule has 17 heavy (non-hydrogen) atoms. The number of halogens is 2. The van der Waals surface area contributed by atoms with E-state index in [-0.39, 0.29) is 0 Å². The van der Waals surface area contributed by atoms with E-state index in [9.17, 15) is 0 Å². The van der Waals surface area contributed by atoms with Gasteiger partial charge < -0.3 is 4.98 Å². The Morgan fingerprint density at radius 2 is 1.82 bits per heavy atom. The quantitative estimate of drug-likeness (QED) is 0.543. The Morgan fingerprint density at radius 1 is 1.00 bits per heavy atom. The van der Waals surface area contributed by atoms with Gasteiger partial charge in [0.1, 0.15) is 0 Å². The van der Waals surface area contributed by atoms with Gasteiger partial charge in [-0.1, -0.05) is 34.1 Å². The van der Waals surface area contributed by atoms with Crippen LogP contribution in [0.3, 0.4) is 0 Å². The van der Waals surface area contributed by atoms with E-state index in [4.69, 9.17) is 0 Å². The van der Waals surface area contributed by atoms with Gasteiger partial charge in [0.15, 0.2) is 0 Å². The van der Waals surface area contributed by atoms with E-state index in [1.807, 2.05) is 0 Å². The number of aromatic amines is 1. The van der Waals surface area contributed by atoms with Crippen LogP contribution in [0.1, 0.15) is 0 Å². The zero-order valence-electron chi connectivity index (χ0n) is 8.87. The lowest BCUT2D eigenvalue weighted by atomic mass is 10.1. The van der Waals surface area contributed by atoms with Crippen molar-refractivity contribution in [1.82, 2.24) is 4.98 Å². The molecule has 84 valence electrons. The predicted octanol–water partition coefficient (Wildman–Crippen LogP) is 5.20. The Balaban J connectivity index is 2.31. The van der Waals surface area contributed by atoms with Crippen LogP contribution in [-0.4, -0.2) is 4.98 Å². The number of aromatic nitrogens is 1. The number of hydrogen-bond acceptors (Lipinski definition) is 0. The standard InChI is InChI=1S/C14H9BrIN/c15-9-5-6-14-11(7-9)12(8-17-14)10-3-1-2-4-13(10)16/h1-8,17H. The van der Waals surface area contributed by atoms with Crippen molar-refractivity contribution in [2.45, 2.75) is 0 Å². The second-order valence-corrected chi connectivity index (χ2v) is 5.95. The van der Waals surface area contributed by atoms with Crippen molar-refractivity contribution < 1.29 is 0 Å². The molecule has 0 saturated heterocycles. The van der Waals surface area contributed by atoms with Gasteiger partial charge in [-0.25, -0.2) is 0 Å². The number of fused-ring (bicyclic) bond motifs is 1.